The molecular formula is C23H22N6O2. The molecule has 8 nitrogen and oxygen atoms in total. The highest BCUT2D eigenvalue weighted by atomic mass is 16.5. The van der Waals surface area contributed by atoms with Crippen molar-refractivity contribution in [3.63, 3.8) is 0 Å². The molecule has 2 aromatic heterocycles. The zero-order valence-electron chi connectivity index (χ0n) is 17.1. The Morgan fingerprint density at radius 1 is 1.23 bits per heavy atom. The fourth-order valence-corrected chi connectivity index (χ4v) is 3.89. The number of imidazole rings is 1. The number of anilines is 1. The molecule has 5 rings (SSSR count). The Morgan fingerprint density at radius 3 is 2.97 bits per heavy atom. The Morgan fingerprint density at radius 2 is 2.13 bits per heavy atom. The largest absolute Gasteiger partial charge is 0.493 e. The molecule has 2 aromatic carbocycles. The van der Waals surface area contributed by atoms with E-state index >= 15 is 0 Å². The Hall–Kier alpha value is -3.94. The van der Waals surface area contributed by atoms with E-state index in [-0.39, 0.29) is 17.8 Å². The van der Waals surface area contributed by atoms with Gasteiger partial charge in [0.2, 0.25) is 5.95 Å². The molecule has 0 aliphatic carbocycles. The first-order chi connectivity index (χ1) is 15.1. The predicted molar refractivity (Wildman–Crippen MR) is 118 cm³/mol. The van der Waals surface area contributed by atoms with Crippen LogP contribution in [0.15, 0.2) is 48.7 Å². The van der Waals surface area contributed by atoms with Crippen LogP contribution in [0.3, 0.4) is 0 Å². The number of nitrogens with two attached hydrogens (primary N) is 1. The van der Waals surface area contributed by atoms with Gasteiger partial charge in [0.15, 0.2) is 0 Å². The fraction of sp³-hybridized carbons (Fsp3) is 0.217. The van der Waals surface area contributed by atoms with Crippen LogP contribution in [0.2, 0.25) is 0 Å². The van der Waals surface area contributed by atoms with E-state index in [1.807, 2.05) is 43.3 Å². The lowest BCUT2D eigenvalue weighted by Gasteiger charge is -2.24. The second-order valence-corrected chi connectivity index (χ2v) is 7.55. The molecule has 1 aliphatic heterocycles. The minimum atomic E-state index is -0.0750. The summed E-state index contributed by atoms with van der Waals surface area (Å²) in [5.41, 5.74) is 10.8. The number of H-pyrrole nitrogens is 1. The van der Waals surface area contributed by atoms with E-state index in [9.17, 15) is 4.79 Å². The summed E-state index contributed by atoms with van der Waals surface area (Å²) in [4.78, 5) is 28.6. The number of nitrogen functional groups attached to an aromatic ring is 1. The van der Waals surface area contributed by atoms with Crippen LogP contribution in [0.25, 0.3) is 22.3 Å². The highest BCUT2D eigenvalue weighted by Crippen LogP contribution is 2.33. The van der Waals surface area contributed by atoms with Crippen LogP contribution >= 0.6 is 0 Å². The molecule has 31 heavy (non-hydrogen) atoms. The van der Waals surface area contributed by atoms with Gasteiger partial charge in [-0.25, -0.2) is 15.0 Å². The standard InChI is InChI=1S/C23H22N6O2/c1-2-25-22(30)14-4-6-20-15(9-14)10-16(12-31-20)21-27-18-5-3-13(11-19(18)28-21)17-7-8-26-23(24)29-17/h3-9,11,16H,2,10,12H2,1H3,(H,25,30)(H,27,28)(H2,24,26,29). The topological polar surface area (TPSA) is 119 Å². The van der Waals surface area contributed by atoms with Crippen LogP contribution in [-0.2, 0) is 6.42 Å². The van der Waals surface area contributed by atoms with Crippen molar-refractivity contribution in [2.75, 3.05) is 18.9 Å². The Labute approximate surface area is 178 Å². The summed E-state index contributed by atoms with van der Waals surface area (Å²) in [6.45, 7) is 3.03. The summed E-state index contributed by atoms with van der Waals surface area (Å²) in [6, 6.07) is 13.4. The summed E-state index contributed by atoms with van der Waals surface area (Å²) < 4.78 is 5.96. The molecule has 1 unspecified atom stereocenters. The monoisotopic (exact) mass is 414 g/mol. The summed E-state index contributed by atoms with van der Waals surface area (Å²) in [7, 11) is 0. The van der Waals surface area contributed by atoms with Gasteiger partial charge in [-0.1, -0.05) is 6.07 Å². The van der Waals surface area contributed by atoms with Crippen LogP contribution in [0.1, 0.15) is 34.6 Å². The number of ether oxygens (including phenoxy) is 1. The van der Waals surface area contributed by atoms with Crippen LogP contribution in [0.4, 0.5) is 5.95 Å². The fourth-order valence-electron chi connectivity index (χ4n) is 3.89. The number of fused-ring (bicyclic) bond motifs is 2. The summed E-state index contributed by atoms with van der Waals surface area (Å²) in [5, 5.41) is 2.84. The Kier molecular flexibility index (Phi) is 4.74. The second-order valence-electron chi connectivity index (χ2n) is 7.55. The molecule has 1 atom stereocenters. The van der Waals surface area contributed by atoms with E-state index in [0.29, 0.717) is 18.7 Å². The molecule has 1 aliphatic rings. The summed E-state index contributed by atoms with van der Waals surface area (Å²) in [6.07, 6.45) is 2.39. The minimum absolute atomic E-state index is 0.0718. The molecule has 0 saturated heterocycles. The number of hydrogen-bond donors (Lipinski definition) is 3. The van der Waals surface area contributed by atoms with Crippen LogP contribution in [0, 0.1) is 0 Å². The van der Waals surface area contributed by atoms with Crippen molar-refractivity contribution in [1.29, 1.82) is 0 Å². The number of amides is 1. The van der Waals surface area contributed by atoms with Gasteiger partial charge in [-0.3, -0.25) is 4.79 Å². The van der Waals surface area contributed by atoms with Gasteiger partial charge in [0, 0.05) is 23.9 Å². The van der Waals surface area contributed by atoms with Crippen LogP contribution < -0.4 is 15.8 Å². The van der Waals surface area contributed by atoms with Gasteiger partial charge in [0.25, 0.3) is 5.91 Å². The van der Waals surface area contributed by atoms with E-state index in [1.165, 1.54) is 0 Å². The van der Waals surface area contributed by atoms with Gasteiger partial charge in [-0.2, -0.15) is 0 Å². The van der Waals surface area contributed by atoms with Gasteiger partial charge < -0.3 is 20.8 Å². The van der Waals surface area contributed by atoms with E-state index in [1.54, 1.807) is 12.3 Å². The zero-order chi connectivity index (χ0) is 21.4. The second kappa shape index (κ2) is 7.71. The van der Waals surface area contributed by atoms with Gasteiger partial charge in [0.05, 0.1) is 29.3 Å². The lowest BCUT2D eigenvalue weighted by atomic mass is 9.94. The van der Waals surface area contributed by atoms with Crippen molar-refractivity contribution in [2.45, 2.75) is 19.3 Å². The predicted octanol–water partition coefficient (Wildman–Crippen LogP) is 3.07. The number of nitrogens with zero attached hydrogens (tertiary/aromatic N) is 3. The molecule has 0 fully saturated rings. The summed E-state index contributed by atoms with van der Waals surface area (Å²) in [5.74, 6) is 1.93. The molecule has 0 radical (unpaired) electrons. The first-order valence-corrected chi connectivity index (χ1v) is 10.2. The molecule has 156 valence electrons. The molecule has 0 bridgehead atoms. The number of benzene rings is 2. The lowest BCUT2D eigenvalue weighted by molar-refractivity contribution is 0.0955. The van der Waals surface area contributed by atoms with Crippen molar-refractivity contribution >= 4 is 22.9 Å². The maximum atomic E-state index is 12.2. The van der Waals surface area contributed by atoms with Gasteiger partial charge in [-0.05, 0) is 55.3 Å². The smallest absolute Gasteiger partial charge is 0.251 e. The molecule has 0 spiro atoms. The Balaban J connectivity index is 1.42. The average molecular weight is 414 g/mol. The van der Waals surface area contributed by atoms with Crippen molar-refractivity contribution in [3.05, 3.63) is 65.6 Å². The lowest BCUT2D eigenvalue weighted by Crippen LogP contribution is -2.24. The van der Waals surface area contributed by atoms with Crippen LogP contribution in [0.5, 0.6) is 5.75 Å². The SMILES string of the molecule is CCNC(=O)c1ccc2c(c1)CC(c1nc3cc(-c4ccnc(N)n4)ccc3[nH]1)CO2. The molecular weight excluding hydrogens is 392 g/mol. The third-order valence-electron chi connectivity index (χ3n) is 5.42. The molecule has 3 heterocycles. The van der Waals surface area contributed by atoms with Crippen molar-refractivity contribution < 1.29 is 9.53 Å². The van der Waals surface area contributed by atoms with Gasteiger partial charge >= 0.3 is 0 Å². The third-order valence-corrected chi connectivity index (χ3v) is 5.42. The normalized spacial score (nSPS) is 15.3. The average Bonchev–Trinajstić information content (AvgIpc) is 3.22. The maximum Gasteiger partial charge on any atom is 0.251 e. The van der Waals surface area contributed by atoms with E-state index < -0.39 is 0 Å². The number of aromatic amines is 1. The van der Waals surface area contributed by atoms with Gasteiger partial charge in [-0.15, -0.1) is 0 Å². The van der Waals surface area contributed by atoms with Crippen molar-refractivity contribution in [2.24, 2.45) is 0 Å². The number of carbonyl (C=O) groups excluding carboxylic acids is 1. The quantitative estimate of drug-likeness (QED) is 0.472. The number of hydrogen-bond acceptors (Lipinski definition) is 6. The maximum absolute atomic E-state index is 12.2. The zero-order valence-corrected chi connectivity index (χ0v) is 17.1. The summed E-state index contributed by atoms with van der Waals surface area (Å²) >= 11 is 0. The van der Waals surface area contributed by atoms with Crippen molar-refractivity contribution in [1.82, 2.24) is 25.3 Å². The first kappa shape index (κ1) is 19.0. The van der Waals surface area contributed by atoms with Gasteiger partial charge in [0.1, 0.15) is 11.6 Å². The third kappa shape index (κ3) is 3.68. The number of rotatable bonds is 4. The Bertz CT molecular complexity index is 1280. The number of aromatic nitrogens is 4. The highest BCUT2D eigenvalue weighted by Gasteiger charge is 2.25. The van der Waals surface area contributed by atoms with Crippen molar-refractivity contribution in [3.8, 4) is 17.0 Å². The minimum Gasteiger partial charge on any atom is -0.493 e. The van der Waals surface area contributed by atoms with E-state index in [4.69, 9.17) is 15.5 Å². The highest BCUT2D eigenvalue weighted by molar-refractivity contribution is 5.94. The van der Waals surface area contributed by atoms with Crippen LogP contribution in [-0.4, -0.2) is 39.0 Å². The molecule has 4 N–H and O–H groups in total. The number of nitrogens with one attached hydrogen (secondary N) is 2. The molecule has 8 heteroatoms. The van der Waals surface area contributed by atoms with E-state index in [0.717, 1.165) is 45.8 Å². The first-order valence-electron chi connectivity index (χ1n) is 10.2. The molecule has 4 aromatic rings. The van der Waals surface area contributed by atoms with E-state index in [2.05, 4.69) is 20.3 Å². The molecule has 1 amide bonds. The molecule has 0 saturated carbocycles. The number of carbonyl (C=O) groups is 1.